The SMILES string of the molecule is COc1ccc(CN2CCNC(=O)[C@@H]2CC(N)=O)cc1C. The summed E-state index contributed by atoms with van der Waals surface area (Å²) in [5, 5.41) is 2.77. The molecule has 1 fully saturated rings. The summed E-state index contributed by atoms with van der Waals surface area (Å²) in [6.07, 6.45) is 0.0426. The van der Waals surface area contributed by atoms with Crippen LogP contribution in [0.25, 0.3) is 0 Å². The monoisotopic (exact) mass is 291 g/mol. The van der Waals surface area contributed by atoms with Crippen LogP contribution in [0.4, 0.5) is 0 Å². The van der Waals surface area contributed by atoms with E-state index in [1.165, 1.54) is 0 Å². The number of ether oxygens (including phenoxy) is 1. The third-order valence-corrected chi connectivity index (χ3v) is 3.68. The number of carbonyl (C=O) groups excluding carboxylic acids is 2. The Kier molecular flexibility index (Phi) is 4.80. The summed E-state index contributed by atoms with van der Waals surface area (Å²) in [7, 11) is 1.64. The predicted molar refractivity (Wildman–Crippen MR) is 78.8 cm³/mol. The Morgan fingerprint density at radius 1 is 1.52 bits per heavy atom. The van der Waals surface area contributed by atoms with Crippen LogP contribution in [0.2, 0.25) is 0 Å². The molecule has 1 aliphatic heterocycles. The Morgan fingerprint density at radius 2 is 2.29 bits per heavy atom. The first-order chi connectivity index (χ1) is 10.0. The summed E-state index contributed by atoms with van der Waals surface area (Å²) in [5.74, 6) is 0.238. The summed E-state index contributed by atoms with van der Waals surface area (Å²) >= 11 is 0. The smallest absolute Gasteiger partial charge is 0.237 e. The van der Waals surface area contributed by atoms with Crippen molar-refractivity contribution in [3.05, 3.63) is 29.3 Å². The zero-order chi connectivity index (χ0) is 15.4. The van der Waals surface area contributed by atoms with Crippen molar-refractivity contribution in [1.82, 2.24) is 10.2 Å². The van der Waals surface area contributed by atoms with E-state index >= 15 is 0 Å². The Hall–Kier alpha value is -2.08. The summed E-state index contributed by atoms with van der Waals surface area (Å²) in [5.41, 5.74) is 7.37. The minimum atomic E-state index is -0.487. The lowest BCUT2D eigenvalue weighted by molar-refractivity contribution is -0.133. The highest BCUT2D eigenvalue weighted by atomic mass is 16.5. The number of primary amides is 1. The molecule has 1 aliphatic rings. The van der Waals surface area contributed by atoms with Crippen molar-refractivity contribution in [3.8, 4) is 5.75 Å². The van der Waals surface area contributed by atoms with E-state index in [-0.39, 0.29) is 12.3 Å². The van der Waals surface area contributed by atoms with E-state index in [1.807, 2.05) is 30.0 Å². The van der Waals surface area contributed by atoms with Crippen molar-refractivity contribution < 1.29 is 14.3 Å². The van der Waals surface area contributed by atoms with E-state index in [4.69, 9.17) is 10.5 Å². The molecular weight excluding hydrogens is 270 g/mol. The number of amides is 2. The van der Waals surface area contributed by atoms with Gasteiger partial charge in [-0.15, -0.1) is 0 Å². The summed E-state index contributed by atoms with van der Waals surface area (Å²) in [6, 6.07) is 5.43. The van der Waals surface area contributed by atoms with Crippen LogP contribution in [-0.4, -0.2) is 43.0 Å². The highest BCUT2D eigenvalue weighted by Crippen LogP contribution is 2.21. The van der Waals surface area contributed by atoms with Gasteiger partial charge >= 0.3 is 0 Å². The molecule has 0 bridgehead atoms. The van der Waals surface area contributed by atoms with Crippen molar-refractivity contribution >= 4 is 11.8 Å². The number of carbonyl (C=O) groups is 2. The Bertz CT molecular complexity index is 545. The second-order valence-corrected chi connectivity index (χ2v) is 5.25. The number of hydrogen-bond acceptors (Lipinski definition) is 4. The largest absolute Gasteiger partial charge is 0.496 e. The topological polar surface area (TPSA) is 84.7 Å². The van der Waals surface area contributed by atoms with Gasteiger partial charge in [0, 0.05) is 19.6 Å². The van der Waals surface area contributed by atoms with E-state index in [9.17, 15) is 9.59 Å². The summed E-state index contributed by atoms with van der Waals surface area (Å²) < 4.78 is 5.24. The van der Waals surface area contributed by atoms with E-state index in [1.54, 1.807) is 7.11 Å². The zero-order valence-corrected chi connectivity index (χ0v) is 12.4. The number of piperazine rings is 1. The number of rotatable bonds is 5. The molecule has 1 saturated heterocycles. The molecule has 1 aromatic rings. The fraction of sp³-hybridized carbons (Fsp3) is 0.467. The molecule has 0 aromatic heterocycles. The van der Waals surface area contributed by atoms with Crippen molar-refractivity contribution in [2.45, 2.75) is 25.9 Å². The first-order valence-electron chi connectivity index (χ1n) is 6.95. The number of nitrogens with two attached hydrogens (primary N) is 1. The maximum atomic E-state index is 11.9. The molecule has 2 amide bonds. The van der Waals surface area contributed by atoms with Gasteiger partial charge in [0.05, 0.1) is 19.6 Å². The maximum Gasteiger partial charge on any atom is 0.237 e. The molecule has 114 valence electrons. The standard InChI is InChI=1S/C15H21N3O3/c1-10-7-11(3-4-13(10)21-2)9-18-6-5-17-15(20)12(18)8-14(16)19/h3-4,7,12H,5-6,8-9H2,1-2H3,(H2,16,19)(H,17,20)/t12-/m0/s1. The van der Waals surface area contributed by atoms with E-state index in [0.717, 1.165) is 16.9 Å². The molecule has 0 aliphatic carbocycles. The second-order valence-electron chi connectivity index (χ2n) is 5.25. The number of hydrogen-bond donors (Lipinski definition) is 2. The van der Waals surface area contributed by atoms with Crippen LogP contribution in [0.15, 0.2) is 18.2 Å². The minimum absolute atomic E-state index is 0.0426. The van der Waals surface area contributed by atoms with Gasteiger partial charge in [-0.05, 0) is 24.1 Å². The fourth-order valence-corrected chi connectivity index (χ4v) is 2.64. The first kappa shape index (κ1) is 15.3. The first-order valence-corrected chi connectivity index (χ1v) is 6.95. The lowest BCUT2D eigenvalue weighted by atomic mass is 10.1. The molecule has 1 aromatic carbocycles. The number of nitrogens with one attached hydrogen (secondary N) is 1. The van der Waals surface area contributed by atoms with E-state index < -0.39 is 11.9 Å². The number of nitrogens with zero attached hydrogens (tertiary/aromatic N) is 1. The van der Waals surface area contributed by atoms with Crippen molar-refractivity contribution in [1.29, 1.82) is 0 Å². The molecule has 0 saturated carbocycles. The highest BCUT2D eigenvalue weighted by molar-refractivity contribution is 5.88. The van der Waals surface area contributed by atoms with Crippen LogP contribution in [0.5, 0.6) is 5.75 Å². The molecule has 0 spiro atoms. The van der Waals surface area contributed by atoms with Gasteiger partial charge in [0.2, 0.25) is 11.8 Å². The average Bonchev–Trinajstić information content (AvgIpc) is 2.42. The molecule has 2 rings (SSSR count). The van der Waals surface area contributed by atoms with Gasteiger partial charge in [0.15, 0.2) is 0 Å². The fourth-order valence-electron chi connectivity index (χ4n) is 2.64. The van der Waals surface area contributed by atoms with Gasteiger partial charge < -0.3 is 15.8 Å². The summed E-state index contributed by atoms with van der Waals surface area (Å²) in [4.78, 5) is 25.1. The molecule has 0 radical (unpaired) electrons. The molecule has 3 N–H and O–H groups in total. The third-order valence-electron chi connectivity index (χ3n) is 3.68. The minimum Gasteiger partial charge on any atom is -0.496 e. The van der Waals surface area contributed by atoms with Gasteiger partial charge in [-0.1, -0.05) is 12.1 Å². The number of aryl methyl sites for hydroxylation is 1. The number of methoxy groups -OCH3 is 1. The van der Waals surface area contributed by atoms with Crippen LogP contribution in [0.1, 0.15) is 17.5 Å². The molecular formula is C15H21N3O3. The van der Waals surface area contributed by atoms with Crippen molar-refractivity contribution in [2.24, 2.45) is 5.73 Å². The lowest BCUT2D eigenvalue weighted by Crippen LogP contribution is -2.55. The van der Waals surface area contributed by atoms with Crippen LogP contribution in [-0.2, 0) is 16.1 Å². The average molecular weight is 291 g/mol. The van der Waals surface area contributed by atoms with Gasteiger partial charge in [-0.2, -0.15) is 0 Å². The normalized spacial score (nSPS) is 19.1. The van der Waals surface area contributed by atoms with E-state index in [2.05, 4.69) is 5.32 Å². The van der Waals surface area contributed by atoms with Crippen LogP contribution in [0, 0.1) is 6.92 Å². The van der Waals surface area contributed by atoms with E-state index in [0.29, 0.717) is 19.6 Å². The van der Waals surface area contributed by atoms with Gasteiger partial charge in [-0.25, -0.2) is 0 Å². The lowest BCUT2D eigenvalue weighted by Gasteiger charge is -2.34. The molecule has 1 atom stereocenters. The summed E-state index contributed by atoms with van der Waals surface area (Å²) in [6.45, 7) is 3.88. The van der Waals surface area contributed by atoms with Gasteiger partial charge in [-0.3, -0.25) is 14.5 Å². The Balaban J connectivity index is 2.13. The van der Waals surface area contributed by atoms with Crippen molar-refractivity contribution in [3.63, 3.8) is 0 Å². The predicted octanol–water partition coefficient (Wildman–Crippen LogP) is 0.179. The quantitative estimate of drug-likeness (QED) is 0.810. The molecule has 0 unspecified atom stereocenters. The zero-order valence-electron chi connectivity index (χ0n) is 12.4. The van der Waals surface area contributed by atoms with Crippen LogP contribution >= 0.6 is 0 Å². The number of benzene rings is 1. The molecule has 6 nitrogen and oxygen atoms in total. The van der Waals surface area contributed by atoms with Crippen LogP contribution in [0.3, 0.4) is 0 Å². The molecule has 21 heavy (non-hydrogen) atoms. The Labute approximate surface area is 124 Å². The maximum absolute atomic E-state index is 11.9. The van der Waals surface area contributed by atoms with Crippen LogP contribution < -0.4 is 15.8 Å². The van der Waals surface area contributed by atoms with Crippen molar-refractivity contribution in [2.75, 3.05) is 20.2 Å². The third kappa shape index (κ3) is 3.72. The molecule has 6 heteroatoms. The van der Waals surface area contributed by atoms with Gasteiger partial charge in [0.1, 0.15) is 5.75 Å². The molecule has 1 heterocycles. The van der Waals surface area contributed by atoms with Gasteiger partial charge in [0.25, 0.3) is 0 Å². The highest BCUT2D eigenvalue weighted by Gasteiger charge is 2.30. The second kappa shape index (κ2) is 6.58. The Morgan fingerprint density at radius 3 is 2.90 bits per heavy atom.